The van der Waals surface area contributed by atoms with Crippen LogP contribution in [0.15, 0.2) is 48.5 Å². The van der Waals surface area contributed by atoms with E-state index in [1.807, 2.05) is 49.4 Å². The van der Waals surface area contributed by atoms with Gasteiger partial charge >= 0.3 is 0 Å². The number of hydrogen-bond acceptors (Lipinski definition) is 3. The number of nitrogens with one attached hydrogen (secondary N) is 1. The summed E-state index contributed by atoms with van der Waals surface area (Å²) in [7, 11) is 1.60. The van der Waals surface area contributed by atoms with E-state index in [-0.39, 0.29) is 18.2 Å². The molecule has 2 rings (SSSR count). The molecular weight excluding hydrogens is 376 g/mol. The van der Waals surface area contributed by atoms with Crippen LogP contribution in [-0.4, -0.2) is 36.4 Å². The number of rotatable bonds is 9. The first-order valence-electron chi connectivity index (χ1n) is 9.39. The van der Waals surface area contributed by atoms with E-state index in [1.165, 1.54) is 0 Å². The molecular formula is C22H27ClN2O3. The second-order valence-corrected chi connectivity index (χ2v) is 7.02. The van der Waals surface area contributed by atoms with E-state index in [4.69, 9.17) is 16.3 Å². The summed E-state index contributed by atoms with van der Waals surface area (Å²) in [4.78, 5) is 27.2. The number of amides is 2. The van der Waals surface area contributed by atoms with Gasteiger partial charge in [0.2, 0.25) is 11.8 Å². The first-order chi connectivity index (χ1) is 13.5. The highest BCUT2D eigenvalue weighted by Crippen LogP contribution is 2.20. The SMILES string of the molecule is CCCNC(=O)C(C)N(Cc1cccc(OC)c1)C(=O)Cc1ccccc1Cl. The number of carbonyl (C=O) groups is 2. The average molecular weight is 403 g/mol. The average Bonchev–Trinajstić information content (AvgIpc) is 2.71. The van der Waals surface area contributed by atoms with Gasteiger partial charge in [-0.15, -0.1) is 0 Å². The Kier molecular flexibility index (Phi) is 8.33. The van der Waals surface area contributed by atoms with E-state index < -0.39 is 6.04 Å². The largest absolute Gasteiger partial charge is 0.497 e. The molecule has 0 heterocycles. The van der Waals surface area contributed by atoms with E-state index in [0.717, 1.165) is 17.5 Å². The fourth-order valence-electron chi connectivity index (χ4n) is 2.85. The predicted octanol–water partition coefficient (Wildman–Crippen LogP) is 3.83. The molecule has 2 aromatic rings. The Bertz CT molecular complexity index is 810. The van der Waals surface area contributed by atoms with Crippen molar-refractivity contribution in [3.05, 3.63) is 64.7 Å². The third-order valence-electron chi connectivity index (χ3n) is 4.50. The lowest BCUT2D eigenvalue weighted by atomic mass is 10.1. The van der Waals surface area contributed by atoms with Gasteiger partial charge in [-0.3, -0.25) is 9.59 Å². The Balaban J connectivity index is 2.24. The van der Waals surface area contributed by atoms with E-state index in [1.54, 1.807) is 25.0 Å². The quantitative estimate of drug-likeness (QED) is 0.693. The number of halogens is 1. The van der Waals surface area contributed by atoms with Crippen molar-refractivity contribution in [2.75, 3.05) is 13.7 Å². The maximum Gasteiger partial charge on any atom is 0.242 e. The Hall–Kier alpha value is -2.53. The molecule has 0 radical (unpaired) electrons. The molecule has 1 unspecified atom stereocenters. The van der Waals surface area contributed by atoms with Gasteiger partial charge in [0.25, 0.3) is 0 Å². The molecule has 0 saturated heterocycles. The topological polar surface area (TPSA) is 58.6 Å². The van der Waals surface area contributed by atoms with Gasteiger partial charge in [-0.05, 0) is 42.7 Å². The van der Waals surface area contributed by atoms with Gasteiger partial charge in [0, 0.05) is 18.1 Å². The van der Waals surface area contributed by atoms with Crippen LogP contribution in [0.2, 0.25) is 5.02 Å². The second kappa shape index (κ2) is 10.7. The first kappa shape index (κ1) is 21.8. The zero-order valence-corrected chi connectivity index (χ0v) is 17.3. The normalized spacial score (nSPS) is 11.6. The molecule has 150 valence electrons. The minimum absolute atomic E-state index is 0.134. The fraction of sp³-hybridized carbons (Fsp3) is 0.364. The number of hydrogen-bond donors (Lipinski definition) is 1. The minimum Gasteiger partial charge on any atom is -0.497 e. The van der Waals surface area contributed by atoms with Crippen molar-refractivity contribution in [1.29, 1.82) is 0 Å². The third kappa shape index (κ3) is 5.99. The maximum atomic E-state index is 13.1. The summed E-state index contributed by atoms with van der Waals surface area (Å²) in [6.45, 7) is 4.62. The van der Waals surface area contributed by atoms with Crippen LogP contribution >= 0.6 is 11.6 Å². The standard InChI is InChI=1S/C22H27ClN2O3/c1-4-12-24-22(27)16(2)25(15-17-8-7-10-19(13-17)28-3)21(26)14-18-9-5-6-11-20(18)23/h5-11,13,16H,4,12,14-15H2,1-3H3,(H,24,27). The fourth-order valence-corrected chi connectivity index (χ4v) is 3.05. The molecule has 0 aliphatic heterocycles. The van der Waals surface area contributed by atoms with Crippen LogP contribution in [-0.2, 0) is 22.6 Å². The van der Waals surface area contributed by atoms with Crippen LogP contribution in [0.5, 0.6) is 5.75 Å². The van der Waals surface area contributed by atoms with Gasteiger partial charge in [-0.1, -0.05) is 48.9 Å². The molecule has 2 aromatic carbocycles. The van der Waals surface area contributed by atoms with E-state index in [2.05, 4.69) is 5.32 Å². The summed E-state index contributed by atoms with van der Waals surface area (Å²) in [5, 5.41) is 3.41. The van der Waals surface area contributed by atoms with Gasteiger partial charge in [0.15, 0.2) is 0 Å². The molecule has 0 fully saturated rings. The number of nitrogens with zero attached hydrogens (tertiary/aromatic N) is 1. The van der Waals surface area contributed by atoms with Crippen LogP contribution in [0.4, 0.5) is 0 Å². The lowest BCUT2D eigenvalue weighted by molar-refractivity contribution is -0.140. The summed E-state index contributed by atoms with van der Waals surface area (Å²) >= 11 is 6.22. The van der Waals surface area contributed by atoms with E-state index in [9.17, 15) is 9.59 Å². The maximum absolute atomic E-state index is 13.1. The van der Waals surface area contributed by atoms with Gasteiger partial charge in [-0.25, -0.2) is 0 Å². The summed E-state index contributed by atoms with van der Waals surface area (Å²) in [6, 6.07) is 14.1. The Labute approximate surface area is 171 Å². The summed E-state index contributed by atoms with van der Waals surface area (Å²) in [6.07, 6.45) is 0.969. The molecule has 1 N–H and O–H groups in total. The molecule has 1 atom stereocenters. The Morgan fingerprint density at radius 2 is 1.93 bits per heavy atom. The summed E-state index contributed by atoms with van der Waals surface area (Å²) in [5.74, 6) is 0.381. The van der Waals surface area contributed by atoms with Crippen molar-refractivity contribution in [2.45, 2.75) is 39.3 Å². The van der Waals surface area contributed by atoms with E-state index >= 15 is 0 Å². The molecule has 28 heavy (non-hydrogen) atoms. The van der Waals surface area contributed by atoms with Crippen molar-refractivity contribution in [2.24, 2.45) is 0 Å². The molecule has 5 nitrogen and oxygen atoms in total. The van der Waals surface area contributed by atoms with Crippen LogP contribution < -0.4 is 10.1 Å². The molecule has 0 aliphatic carbocycles. The van der Waals surface area contributed by atoms with Crippen LogP contribution in [0, 0.1) is 0 Å². The summed E-state index contributed by atoms with van der Waals surface area (Å²) < 4.78 is 5.27. The summed E-state index contributed by atoms with van der Waals surface area (Å²) in [5.41, 5.74) is 1.63. The highest BCUT2D eigenvalue weighted by Gasteiger charge is 2.26. The predicted molar refractivity (Wildman–Crippen MR) is 111 cm³/mol. The molecule has 0 aromatic heterocycles. The monoisotopic (exact) mass is 402 g/mol. The molecule has 0 bridgehead atoms. The zero-order chi connectivity index (χ0) is 20.5. The Morgan fingerprint density at radius 3 is 2.61 bits per heavy atom. The lowest BCUT2D eigenvalue weighted by Gasteiger charge is -2.29. The molecule has 0 saturated carbocycles. The van der Waals surface area contributed by atoms with Gasteiger partial charge in [-0.2, -0.15) is 0 Å². The molecule has 2 amide bonds. The third-order valence-corrected chi connectivity index (χ3v) is 4.87. The lowest BCUT2D eigenvalue weighted by Crippen LogP contribution is -2.48. The van der Waals surface area contributed by atoms with Crippen LogP contribution in [0.25, 0.3) is 0 Å². The van der Waals surface area contributed by atoms with Crippen molar-refractivity contribution in [3.63, 3.8) is 0 Å². The minimum atomic E-state index is -0.604. The number of methoxy groups -OCH3 is 1. The number of carbonyl (C=O) groups excluding carboxylic acids is 2. The smallest absolute Gasteiger partial charge is 0.242 e. The van der Waals surface area contributed by atoms with Crippen LogP contribution in [0.1, 0.15) is 31.4 Å². The number of ether oxygens (including phenoxy) is 1. The molecule has 0 aliphatic rings. The van der Waals surface area contributed by atoms with Crippen molar-refractivity contribution in [1.82, 2.24) is 10.2 Å². The van der Waals surface area contributed by atoms with Crippen molar-refractivity contribution >= 4 is 23.4 Å². The first-order valence-corrected chi connectivity index (χ1v) is 9.77. The second-order valence-electron chi connectivity index (χ2n) is 6.61. The van der Waals surface area contributed by atoms with Crippen molar-refractivity contribution < 1.29 is 14.3 Å². The van der Waals surface area contributed by atoms with Crippen molar-refractivity contribution in [3.8, 4) is 5.75 Å². The highest BCUT2D eigenvalue weighted by atomic mass is 35.5. The van der Waals surface area contributed by atoms with Crippen LogP contribution in [0.3, 0.4) is 0 Å². The molecule has 0 spiro atoms. The van der Waals surface area contributed by atoms with Gasteiger partial charge < -0.3 is 15.0 Å². The zero-order valence-electron chi connectivity index (χ0n) is 16.6. The number of benzene rings is 2. The van der Waals surface area contributed by atoms with E-state index in [0.29, 0.717) is 23.9 Å². The van der Waals surface area contributed by atoms with Gasteiger partial charge in [0.05, 0.1) is 13.5 Å². The Morgan fingerprint density at radius 1 is 1.18 bits per heavy atom. The van der Waals surface area contributed by atoms with Gasteiger partial charge in [0.1, 0.15) is 11.8 Å². The molecule has 6 heteroatoms. The highest BCUT2D eigenvalue weighted by molar-refractivity contribution is 6.31.